The minimum atomic E-state index is -0.272. The van der Waals surface area contributed by atoms with Gasteiger partial charge < -0.3 is 14.2 Å². The molecule has 6 nitrogen and oxygen atoms in total. The first kappa shape index (κ1) is 27.2. The molecule has 0 unspecified atom stereocenters. The SMILES string of the molecule is CCOC(=O)CCCN1C(=O)/C(=C\c2cc(Br)c(OCc3cccc(C)c3)c(OCC)c2)SC1=S. The predicted octanol–water partition coefficient (Wildman–Crippen LogP) is 6.28. The molecular weight excluding hydrogens is 550 g/mol. The van der Waals surface area contributed by atoms with Crippen LogP contribution in [-0.4, -0.2) is 40.9 Å². The Kier molecular flexibility index (Phi) is 10.2. The minimum Gasteiger partial charge on any atom is -0.490 e. The van der Waals surface area contributed by atoms with Crippen LogP contribution in [-0.2, 0) is 20.9 Å². The molecule has 186 valence electrons. The molecule has 1 aliphatic rings. The molecule has 1 heterocycles. The third-order valence-corrected chi connectivity index (χ3v) is 7.00. The average Bonchev–Trinajstić information content (AvgIpc) is 3.06. The number of amides is 1. The summed E-state index contributed by atoms with van der Waals surface area (Å²) in [6.07, 6.45) is 2.53. The van der Waals surface area contributed by atoms with Gasteiger partial charge in [-0.1, -0.05) is 53.8 Å². The summed E-state index contributed by atoms with van der Waals surface area (Å²) in [6.45, 7) is 7.32. The van der Waals surface area contributed by atoms with Crippen LogP contribution in [0.25, 0.3) is 6.08 Å². The minimum absolute atomic E-state index is 0.169. The molecule has 0 atom stereocenters. The van der Waals surface area contributed by atoms with Crippen molar-refractivity contribution in [1.29, 1.82) is 0 Å². The van der Waals surface area contributed by atoms with Crippen molar-refractivity contribution in [2.45, 2.75) is 40.2 Å². The number of thiocarbonyl (C=S) groups is 1. The van der Waals surface area contributed by atoms with Crippen molar-refractivity contribution in [2.24, 2.45) is 0 Å². The fourth-order valence-electron chi connectivity index (χ4n) is 3.49. The Labute approximate surface area is 224 Å². The number of hydrogen-bond acceptors (Lipinski definition) is 7. The van der Waals surface area contributed by atoms with Gasteiger partial charge in [-0.2, -0.15) is 0 Å². The molecule has 9 heteroatoms. The Hall–Kier alpha value is -2.36. The maximum Gasteiger partial charge on any atom is 0.305 e. The quantitative estimate of drug-likeness (QED) is 0.177. The van der Waals surface area contributed by atoms with Crippen LogP contribution in [0.5, 0.6) is 11.5 Å². The number of halogens is 1. The number of ether oxygens (including phenoxy) is 3. The van der Waals surface area contributed by atoms with Crippen molar-refractivity contribution < 1.29 is 23.8 Å². The van der Waals surface area contributed by atoms with Gasteiger partial charge in [-0.3, -0.25) is 14.5 Å². The number of benzene rings is 2. The van der Waals surface area contributed by atoms with E-state index in [9.17, 15) is 9.59 Å². The zero-order valence-electron chi connectivity index (χ0n) is 20.0. The van der Waals surface area contributed by atoms with Crippen molar-refractivity contribution in [1.82, 2.24) is 4.90 Å². The third-order valence-electron chi connectivity index (χ3n) is 5.04. The number of thioether (sulfide) groups is 1. The molecule has 1 amide bonds. The van der Waals surface area contributed by atoms with Gasteiger partial charge in [0.25, 0.3) is 5.91 Å². The Morgan fingerprint density at radius 2 is 1.97 bits per heavy atom. The van der Waals surface area contributed by atoms with Crippen molar-refractivity contribution in [3.8, 4) is 11.5 Å². The van der Waals surface area contributed by atoms with Crippen LogP contribution in [0, 0.1) is 6.92 Å². The first-order chi connectivity index (χ1) is 16.8. The second-order valence-electron chi connectivity index (χ2n) is 7.78. The summed E-state index contributed by atoms with van der Waals surface area (Å²) in [5, 5.41) is 0. The van der Waals surface area contributed by atoms with E-state index in [1.165, 1.54) is 22.2 Å². The molecule has 35 heavy (non-hydrogen) atoms. The molecule has 1 aliphatic heterocycles. The normalized spacial score (nSPS) is 14.5. The van der Waals surface area contributed by atoms with Gasteiger partial charge in [0, 0.05) is 13.0 Å². The highest BCUT2D eigenvalue weighted by atomic mass is 79.9. The summed E-state index contributed by atoms with van der Waals surface area (Å²) >= 11 is 10.3. The molecule has 1 saturated heterocycles. The third kappa shape index (κ3) is 7.56. The van der Waals surface area contributed by atoms with E-state index in [1.807, 2.05) is 44.2 Å². The molecular formula is C26H28BrNO5S2. The van der Waals surface area contributed by atoms with E-state index in [4.69, 9.17) is 26.4 Å². The summed E-state index contributed by atoms with van der Waals surface area (Å²) in [5.74, 6) is 0.756. The van der Waals surface area contributed by atoms with Crippen molar-refractivity contribution in [3.63, 3.8) is 0 Å². The fourth-order valence-corrected chi connectivity index (χ4v) is 5.37. The standard InChI is InChI=1S/C26H28BrNO5S2/c1-4-31-21-14-19(13-20(27)24(21)33-16-18-9-6-8-17(3)12-18)15-22-25(30)28(26(34)35-22)11-7-10-23(29)32-5-2/h6,8-9,12-15H,4-5,7,10-11,16H2,1-3H3/b22-15+. The van der Waals surface area contributed by atoms with Crippen LogP contribution in [0.2, 0.25) is 0 Å². The fraction of sp³-hybridized carbons (Fsp3) is 0.346. The van der Waals surface area contributed by atoms with E-state index in [0.717, 1.165) is 15.6 Å². The van der Waals surface area contributed by atoms with E-state index in [2.05, 4.69) is 22.0 Å². The Bertz CT molecular complexity index is 1130. The second kappa shape index (κ2) is 13.1. The molecule has 0 aliphatic carbocycles. The summed E-state index contributed by atoms with van der Waals surface area (Å²) in [7, 11) is 0. The number of nitrogens with zero attached hydrogens (tertiary/aromatic N) is 1. The molecule has 0 spiro atoms. The van der Waals surface area contributed by atoms with E-state index < -0.39 is 0 Å². The molecule has 0 aromatic heterocycles. The summed E-state index contributed by atoms with van der Waals surface area (Å²) in [4.78, 5) is 26.6. The molecule has 0 saturated carbocycles. The van der Waals surface area contributed by atoms with Gasteiger partial charge in [0.05, 0.1) is 22.6 Å². The Morgan fingerprint density at radius 1 is 1.17 bits per heavy atom. The van der Waals surface area contributed by atoms with Crippen LogP contribution in [0.4, 0.5) is 0 Å². The molecule has 2 aromatic carbocycles. The number of esters is 1. The van der Waals surface area contributed by atoms with Gasteiger partial charge in [0.2, 0.25) is 0 Å². The van der Waals surface area contributed by atoms with Crippen LogP contribution in [0.1, 0.15) is 43.4 Å². The van der Waals surface area contributed by atoms with Gasteiger partial charge in [0.15, 0.2) is 11.5 Å². The van der Waals surface area contributed by atoms with Crippen molar-refractivity contribution in [3.05, 3.63) is 62.5 Å². The highest BCUT2D eigenvalue weighted by Crippen LogP contribution is 2.40. The molecule has 2 aromatic rings. The maximum atomic E-state index is 12.9. The zero-order chi connectivity index (χ0) is 25.4. The summed E-state index contributed by atoms with van der Waals surface area (Å²) in [5.41, 5.74) is 3.02. The van der Waals surface area contributed by atoms with Crippen LogP contribution < -0.4 is 9.47 Å². The number of rotatable bonds is 11. The van der Waals surface area contributed by atoms with Gasteiger partial charge in [-0.05, 0) is 72.5 Å². The van der Waals surface area contributed by atoms with Crippen LogP contribution in [0.3, 0.4) is 0 Å². The predicted molar refractivity (Wildman–Crippen MR) is 147 cm³/mol. The molecule has 0 bridgehead atoms. The van der Waals surface area contributed by atoms with Gasteiger partial charge in [-0.15, -0.1) is 0 Å². The molecule has 3 rings (SSSR count). The van der Waals surface area contributed by atoms with E-state index in [0.29, 0.717) is 53.5 Å². The van der Waals surface area contributed by atoms with Crippen molar-refractivity contribution in [2.75, 3.05) is 19.8 Å². The lowest BCUT2D eigenvalue weighted by Crippen LogP contribution is -2.29. The van der Waals surface area contributed by atoms with Gasteiger partial charge >= 0.3 is 5.97 Å². The maximum absolute atomic E-state index is 12.9. The molecule has 0 N–H and O–H groups in total. The van der Waals surface area contributed by atoms with Crippen LogP contribution >= 0.6 is 39.9 Å². The van der Waals surface area contributed by atoms with Gasteiger partial charge in [0.1, 0.15) is 10.9 Å². The summed E-state index contributed by atoms with van der Waals surface area (Å²) in [6, 6.07) is 11.9. The first-order valence-corrected chi connectivity index (χ1v) is 13.4. The van der Waals surface area contributed by atoms with Gasteiger partial charge in [-0.25, -0.2) is 0 Å². The smallest absolute Gasteiger partial charge is 0.305 e. The molecule has 1 fully saturated rings. The van der Waals surface area contributed by atoms with E-state index in [-0.39, 0.29) is 18.3 Å². The highest BCUT2D eigenvalue weighted by Gasteiger charge is 2.31. The number of carbonyl (C=O) groups is 2. The number of hydrogen-bond donors (Lipinski definition) is 0. The first-order valence-electron chi connectivity index (χ1n) is 11.4. The molecule has 0 radical (unpaired) electrons. The Balaban J connectivity index is 1.74. The lowest BCUT2D eigenvalue weighted by atomic mass is 10.1. The van der Waals surface area contributed by atoms with Crippen molar-refractivity contribution >= 4 is 62.2 Å². The van der Waals surface area contributed by atoms with E-state index in [1.54, 1.807) is 13.0 Å². The topological polar surface area (TPSA) is 65.1 Å². The number of carbonyl (C=O) groups excluding carboxylic acids is 2. The zero-order valence-corrected chi connectivity index (χ0v) is 23.2. The highest BCUT2D eigenvalue weighted by molar-refractivity contribution is 9.10. The lowest BCUT2D eigenvalue weighted by Gasteiger charge is -2.15. The second-order valence-corrected chi connectivity index (χ2v) is 10.3. The monoisotopic (exact) mass is 577 g/mol. The van der Waals surface area contributed by atoms with E-state index >= 15 is 0 Å². The summed E-state index contributed by atoms with van der Waals surface area (Å²) < 4.78 is 18.1. The average molecular weight is 579 g/mol. The Morgan fingerprint density at radius 3 is 2.69 bits per heavy atom. The largest absolute Gasteiger partial charge is 0.490 e. The van der Waals surface area contributed by atoms with Crippen LogP contribution in [0.15, 0.2) is 45.8 Å². The lowest BCUT2D eigenvalue weighted by molar-refractivity contribution is -0.143. The number of aryl methyl sites for hydroxylation is 1.